The van der Waals surface area contributed by atoms with E-state index in [-0.39, 0.29) is 11.9 Å². The Hall–Kier alpha value is -2.44. The van der Waals surface area contributed by atoms with E-state index in [4.69, 9.17) is 23.2 Å². The summed E-state index contributed by atoms with van der Waals surface area (Å²) in [7, 11) is 0. The van der Waals surface area contributed by atoms with Gasteiger partial charge in [0.2, 0.25) is 11.9 Å². The summed E-state index contributed by atoms with van der Waals surface area (Å²) in [5, 5.41) is 10.5. The Labute approximate surface area is 154 Å². The average Bonchev–Trinajstić information content (AvgIpc) is 3.07. The third-order valence-corrected chi connectivity index (χ3v) is 4.24. The number of aromatic amines is 1. The van der Waals surface area contributed by atoms with Gasteiger partial charge in [0.25, 0.3) is 0 Å². The Morgan fingerprint density at radius 3 is 2.80 bits per heavy atom. The summed E-state index contributed by atoms with van der Waals surface area (Å²) >= 11 is 11.9. The van der Waals surface area contributed by atoms with Gasteiger partial charge < -0.3 is 0 Å². The molecule has 8 heteroatoms. The van der Waals surface area contributed by atoms with Crippen LogP contribution in [0.25, 0.3) is 11.5 Å². The van der Waals surface area contributed by atoms with Crippen molar-refractivity contribution in [2.75, 3.05) is 5.32 Å². The Morgan fingerprint density at radius 2 is 2.04 bits per heavy atom. The van der Waals surface area contributed by atoms with E-state index in [9.17, 15) is 4.79 Å². The maximum atomic E-state index is 12.0. The second kappa shape index (κ2) is 8.09. The van der Waals surface area contributed by atoms with Gasteiger partial charge in [0, 0.05) is 12.6 Å². The fourth-order valence-corrected chi connectivity index (χ4v) is 2.59. The topological polar surface area (TPSA) is 83.6 Å². The van der Waals surface area contributed by atoms with Gasteiger partial charge in [-0.1, -0.05) is 35.3 Å². The lowest BCUT2D eigenvalue weighted by molar-refractivity contribution is -0.116. The molecule has 2 N–H and O–H groups in total. The fraction of sp³-hybridized carbons (Fsp3) is 0.176. The van der Waals surface area contributed by atoms with Crippen molar-refractivity contribution in [2.24, 2.45) is 0 Å². The van der Waals surface area contributed by atoms with E-state index in [1.165, 1.54) is 0 Å². The molecule has 0 aliphatic rings. The van der Waals surface area contributed by atoms with Crippen LogP contribution in [0.2, 0.25) is 10.0 Å². The number of carbonyl (C=O) groups excluding carboxylic acids is 1. The van der Waals surface area contributed by atoms with Crippen LogP contribution in [0, 0.1) is 0 Å². The summed E-state index contributed by atoms with van der Waals surface area (Å²) in [6.45, 7) is 0. The molecule has 2 aromatic heterocycles. The minimum atomic E-state index is -0.147. The van der Waals surface area contributed by atoms with Crippen LogP contribution in [0.15, 0.2) is 42.6 Å². The Morgan fingerprint density at radius 1 is 1.16 bits per heavy atom. The summed E-state index contributed by atoms with van der Waals surface area (Å²) in [6.07, 6.45) is 3.44. The SMILES string of the molecule is O=C(CCCc1ccc(Cl)c(Cl)c1)Nc1n[nH]c(-c2ccccn2)n1. The number of aryl methyl sites for hydroxylation is 1. The van der Waals surface area contributed by atoms with Crippen molar-refractivity contribution in [1.82, 2.24) is 20.2 Å². The van der Waals surface area contributed by atoms with E-state index in [2.05, 4.69) is 25.5 Å². The van der Waals surface area contributed by atoms with E-state index < -0.39 is 0 Å². The number of hydrogen-bond acceptors (Lipinski definition) is 4. The van der Waals surface area contributed by atoms with Crippen molar-refractivity contribution < 1.29 is 4.79 Å². The molecule has 0 atom stereocenters. The van der Waals surface area contributed by atoms with Gasteiger partial charge in [0.1, 0.15) is 5.69 Å². The second-order valence-corrected chi connectivity index (χ2v) is 6.19. The smallest absolute Gasteiger partial charge is 0.249 e. The molecule has 0 aliphatic carbocycles. The van der Waals surface area contributed by atoms with E-state index in [0.29, 0.717) is 34.4 Å². The third-order valence-electron chi connectivity index (χ3n) is 3.50. The maximum Gasteiger partial charge on any atom is 0.249 e. The number of amides is 1. The summed E-state index contributed by atoms with van der Waals surface area (Å²) < 4.78 is 0. The van der Waals surface area contributed by atoms with Gasteiger partial charge >= 0.3 is 0 Å². The molecular formula is C17H15Cl2N5O. The zero-order valence-electron chi connectivity index (χ0n) is 13.2. The van der Waals surface area contributed by atoms with Crippen molar-refractivity contribution in [3.63, 3.8) is 0 Å². The quantitative estimate of drug-likeness (QED) is 0.678. The predicted molar refractivity (Wildman–Crippen MR) is 97.6 cm³/mol. The normalized spacial score (nSPS) is 10.6. The van der Waals surface area contributed by atoms with E-state index in [1.54, 1.807) is 12.3 Å². The van der Waals surface area contributed by atoms with Crippen LogP contribution in [-0.4, -0.2) is 26.1 Å². The molecule has 1 aromatic carbocycles. The first-order valence-corrected chi connectivity index (χ1v) is 8.45. The summed E-state index contributed by atoms with van der Waals surface area (Å²) in [5.41, 5.74) is 1.70. The molecule has 0 aliphatic heterocycles. The summed E-state index contributed by atoms with van der Waals surface area (Å²) in [5.74, 6) is 0.596. The minimum Gasteiger partial charge on any atom is -0.293 e. The van der Waals surface area contributed by atoms with Gasteiger partial charge in [0.15, 0.2) is 5.82 Å². The van der Waals surface area contributed by atoms with Gasteiger partial charge in [-0.05, 0) is 42.7 Å². The first-order chi connectivity index (χ1) is 12.1. The van der Waals surface area contributed by atoms with Crippen molar-refractivity contribution in [3.8, 4) is 11.5 Å². The number of H-pyrrole nitrogens is 1. The van der Waals surface area contributed by atoms with Crippen LogP contribution < -0.4 is 5.32 Å². The molecule has 0 saturated carbocycles. The number of nitrogens with one attached hydrogen (secondary N) is 2. The van der Waals surface area contributed by atoms with Crippen molar-refractivity contribution >= 4 is 35.1 Å². The average molecular weight is 376 g/mol. The molecule has 0 saturated heterocycles. The monoisotopic (exact) mass is 375 g/mol. The number of hydrogen-bond donors (Lipinski definition) is 2. The molecular weight excluding hydrogens is 361 g/mol. The highest BCUT2D eigenvalue weighted by molar-refractivity contribution is 6.42. The molecule has 2 heterocycles. The van der Waals surface area contributed by atoms with Crippen LogP contribution in [0.5, 0.6) is 0 Å². The van der Waals surface area contributed by atoms with Gasteiger partial charge in [-0.2, -0.15) is 4.98 Å². The van der Waals surface area contributed by atoms with Crippen molar-refractivity contribution in [3.05, 3.63) is 58.2 Å². The lowest BCUT2D eigenvalue weighted by Gasteiger charge is -2.03. The first kappa shape index (κ1) is 17.4. The van der Waals surface area contributed by atoms with Gasteiger partial charge in [0.05, 0.1) is 10.0 Å². The molecule has 6 nitrogen and oxygen atoms in total. The molecule has 1 amide bonds. The molecule has 0 bridgehead atoms. The van der Waals surface area contributed by atoms with Gasteiger partial charge in [-0.25, -0.2) is 0 Å². The first-order valence-electron chi connectivity index (χ1n) is 7.69. The zero-order valence-corrected chi connectivity index (χ0v) is 14.7. The Balaban J connectivity index is 1.49. The molecule has 25 heavy (non-hydrogen) atoms. The zero-order chi connectivity index (χ0) is 17.6. The molecule has 0 fully saturated rings. The Kier molecular flexibility index (Phi) is 5.63. The summed E-state index contributed by atoms with van der Waals surface area (Å²) in [6, 6.07) is 11.0. The minimum absolute atomic E-state index is 0.147. The number of pyridine rings is 1. The number of anilines is 1. The number of rotatable bonds is 6. The lowest BCUT2D eigenvalue weighted by atomic mass is 10.1. The third kappa shape index (κ3) is 4.78. The van der Waals surface area contributed by atoms with E-state index >= 15 is 0 Å². The van der Waals surface area contributed by atoms with Crippen LogP contribution in [0.1, 0.15) is 18.4 Å². The number of aromatic nitrogens is 4. The van der Waals surface area contributed by atoms with Crippen molar-refractivity contribution in [2.45, 2.75) is 19.3 Å². The van der Waals surface area contributed by atoms with Crippen LogP contribution in [0.3, 0.4) is 0 Å². The molecule has 3 aromatic rings. The van der Waals surface area contributed by atoms with Crippen molar-refractivity contribution in [1.29, 1.82) is 0 Å². The number of carbonyl (C=O) groups is 1. The molecule has 0 spiro atoms. The Bertz CT molecular complexity index is 866. The molecule has 128 valence electrons. The standard InChI is InChI=1S/C17H15Cl2N5O/c18-12-8-7-11(10-13(12)19)4-3-6-15(25)21-17-22-16(23-24-17)14-5-1-2-9-20-14/h1-2,5,7-10H,3-4,6H2,(H2,21,22,23,24,25). The highest BCUT2D eigenvalue weighted by Gasteiger charge is 2.09. The summed E-state index contributed by atoms with van der Waals surface area (Å²) in [4.78, 5) is 20.4. The molecule has 0 radical (unpaired) electrons. The number of halogens is 2. The van der Waals surface area contributed by atoms with E-state index in [1.807, 2.05) is 30.3 Å². The number of benzene rings is 1. The highest BCUT2D eigenvalue weighted by atomic mass is 35.5. The van der Waals surface area contributed by atoms with E-state index in [0.717, 1.165) is 12.0 Å². The van der Waals surface area contributed by atoms with Crippen LogP contribution in [-0.2, 0) is 11.2 Å². The highest BCUT2D eigenvalue weighted by Crippen LogP contribution is 2.23. The van der Waals surface area contributed by atoms with Crippen LogP contribution >= 0.6 is 23.2 Å². The predicted octanol–water partition coefficient (Wildman–Crippen LogP) is 4.13. The fourth-order valence-electron chi connectivity index (χ4n) is 2.27. The maximum absolute atomic E-state index is 12.0. The second-order valence-electron chi connectivity index (χ2n) is 5.37. The molecule has 3 rings (SSSR count). The van der Waals surface area contributed by atoms with Gasteiger partial charge in [-0.3, -0.25) is 20.2 Å². The lowest BCUT2D eigenvalue weighted by Crippen LogP contribution is -2.12. The number of nitrogens with zero attached hydrogens (tertiary/aromatic N) is 3. The van der Waals surface area contributed by atoms with Crippen LogP contribution in [0.4, 0.5) is 5.95 Å². The molecule has 0 unspecified atom stereocenters. The largest absolute Gasteiger partial charge is 0.293 e. The van der Waals surface area contributed by atoms with Gasteiger partial charge in [-0.15, -0.1) is 5.10 Å².